The van der Waals surface area contributed by atoms with Crippen LogP contribution in [0.5, 0.6) is 0 Å². The Bertz CT molecular complexity index is 379. The lowest BCUT2D eigenvalue weighted by molar-refractivity contribution is -0.141. The van der Waals surface area contributed by atoms with E-state index in [0.717, 1.165) is 11.4 Å². The summed E-state index contributed by atoms with van der Waals surface area (Å²) in [6, 6.07) is 3.47. The zero-order chi connectivity index (χ0) is 13.4. The molecule has 18 heavy (non-hydrogen) atoms. The number of rotatable bonds is 7. The summed E-state index contributed by atoms with van der Waals surface area (Å²) in [6.45, 7) is 2.91. The molecule has 100 valence electrons. The van der Waals surface area contributed by atoms with E-state index in [9.17, 15) is 9.59 Å². The van der Waals surface area contributed by atoms with E-state index in [4.69, 9.17) is 0 Å². The maximum atomic E-state index is 11.7. The predicted octanol–water partition coefficient (Wildman–Crippen LogP) is 1.08. The second-order valence-corrected chi connectivity index (χ2v) is 4.68. The van der Waals surface area contributed by atoms with Gasteiger partial charge in [-0.15, -0.1) is 11.3 Å². The minimum atomic E-state index is -0.336. The van der Waals surface area contributed by atoms with Gasteiger partial charge in [-0.05, 0) is 18.0 Å². The van der Waals surface area contributed by atoms with E-state index in [0.29, 0.717) is 0 Å². The summed E-state index contributed by atoms with van der Waals surface area (Å²) >= 11 is 1.51. The van der Waals surface area contributed by atoms with Crippen LogP contribution in [0.25, 0.3) is 0 Å². The van der Waals surface area contributed by atoms with Crippen LogP contribution in [0.2, 0.25) is 0 Å². The normalized spacial score (nSPS) is 11.9. The molecule has 1 aromatic rings. The first-order valence-corrected chi connectivity index (χ1v) is 6.65. The highest BCUT2D eigenvalue weighted by Gasteiger charge is 2.19. The summed E-state index contributed by atoms with van der Waals surface area (Å²) in [5, 5.41) is 7.68. The van der Waals surface area contributed by atoms with Crippen molar-refractivity contribution in [3.63, 3.8) is 0 Å². The summed E-state index contributed by atoms with van der Waals surface area (Å²) in [7, 11) is 1.34. The highest BCUT2D eigenvalue weighted by atomic mass is 32.1. The Labute approximate surface area is 111 Å². The van der Waals surface area contributed by atoms with Crippen LogP contribution in [0.3, 0.4) is 0 Å². The lowest BCUT2D eigenvalue weighted by Crippen LogP contribution is -2.36. The number of ether oxygens (including phenoxy) is 1. The lowest BCUT2D eigenvalue weighted by Gasteiger charge is -2.16. The number of likely N-dealkylation sites (N-methyl/N-ethyl adjacent to an activating group) is 1. The number of carbonyl (C=O) groups excluding carboxylic acids is 2. The smallest absolute Gasteiger partial charge is 0.307 e. The van der Waals surface area contributed by atoms with Gasteiger partial charge in [0, 0.05) is 4.88 Å². The van der Waals surface area contributed by atoms with E-state index in [2.05, 4.69) is 15.4 Å². The van der Waals surface area contributed by atoms with Crippen molar-refractivity contribution in [2.75, 3.05) is 20.2 Å². The number of nitrogens with one attached hydrogen (secondary N) is 2. The van der Waals surface area contributed by atoms with Crippen molar-refractivity contribution in [1.82, 2.24) is 10.6 Å². The Morgan fingerprint density at radius 2 is 2.28 bits per heavy atom. The Balaban J connectivity index is 2.60. The van der Waals surface area contributed by atoms with Gasteiger partial charge in [-0.1, -0.05) is 13.0 Å². The number of esters is 1. The topological polar surface area (TPSA) is 67.4 Å². The number of thiophene rings is 1. The molecule has 1 unspecified atom stereocenters. The van der Waals surface area contributed by atoms with Gasteiger partial charge < -0.3 is 15.4 Å². The van der Waals surface area contributed by atoms with E-state index >= 15 is 0 Å². The van der Waals surface area contributed by atoms with E-state index in [-0.39, 0.29) is 30.9 Å². The number of hydrogen-bond acceptors (Lipinski definition) is 5. The van der Waals surface area contributed by atoms with Crippen molar-refractivity contribution < 1.29 is 14.3 Å². The molecule has 0 spiro atoms. The largest absolute Gasteiger partial charge is 0.469 e. The Morgan fingerprint density at radius 3 is 2.83 bits per heavy atom. The van der Waals surface area contributed by atoms with Crippen LogP contribution in [-0.4, -0.2) is 32.1 Å². The first kappa shape index (κ1) is 14.7. The van der Waals surface area contributed by atoms with Crippen molar-refractivity contribution in [1.29, 1.82) is 0 Å². The number of methoxy groups -OCH3 is 1. The molecular formula is C12H18N2O3S. The molecule has 0 saturated carbocycles. The Hall–Kier alpha value is -1.40. The summed E-state index contributed by atoms with van der Waals surface area (Å²) < 4.78 is 4.64. The maximum Gasteiger partial charge on any atom is 0.307 e. The molecule has 0 fully saturated rings. The number of amides is 1. The number of hydrogen-bond donors (Lipinski definition) is 2. The second kappa shape index (κ2) is 7.84. The van der Waals surface area contributed by atoms with Gasteiger partial charge in [0.05, 0.1) is 26.1 Å². The molecule has 0 bridgehead atoms. The first-order valence-electron chi connectivity index (χ1n) is 5.77. The van der Waals surface area contributed by atoms with Crippen LogP contribution >= 0.6 is 11.3 Å². The minimum absolute atomic E-state index is 0.126. The summed E-state index contributed by atoms with van der Waals surface area (Å²) in [4.78, 5) is 23.9. The van der Waals surface area contributed by atoms with Gasteiger partial charge in [0.15, 0.2) is 0 Å². The SMILES string of the molecule is CCNCC(=O)NC(CC(=O)OC)c1cccs1. The zero-order valence-corrected chi connectivity index (χ0v) is 11.4. The van der Waals surface area contributed by atoms with Gasteiger partial charge in [-0.25, -0.2) is 0 Å². The Morgan fingerprint density at radius 1 is 1.50 bits per heavy atom. The zero-order valence-electron chi connectivity index (χ0n) is 10.6. The van der Waals surface area contributed by atoms with Gasteiger partial charge in [0.25, 0.3) is 0 Å². The summed E-state index contributed by atoms with van der Waals surface area (Å²) in [6.07, 6.45) is 0.148. The third kappa shape index (κ3) is 4.85. The molecule has 0 aliphatic carbocycles. The molecule has 5 nitrogen and oxygen atoms in total. The molecule has 1 heterocycles. The van der Waals surface area contributed by atoms with Crippen molar-refractivity contribution in [3.05, 3.63) is 22.4 Å². The highest BCUT2D eigenvalue weighted by molar-refractivity contribution is 7.10. The average Bonchev–Trinajstić information content (AvgIpc) is 2.89. The Kier molecular flexibility index (Phi) is 6.38. The van der Waals surface area contributed by atoms with Crippen molar-refractivity contribution >= 4 is 23.2 Å². The van der Waals surface area contributed by atoms with Gasteiger partial charge in [-0.2, -0.15) is 0 Å². The van der Waals surface area contributed by atoms with Crippen molar-refractivity contribution in [2.45, 2.75) is 19.4 Å². The van der Waals surface area contributed by atoms with Gasteiger partial charge in [0.2, 0.25) is 5.91 Å². The monoisotopic (exact) mass is 270 g/mol. The standard InChI is InChI=1S/C12H18N2O3S/c1-3-13-8-11(15)14-9(7-12(16)17-2)10-5-4-6-18-10/h4-6,9,13H,3,7-8H2,1-2H3,(H,14,15). The third-order valence-corrected chi connectivity index (χ3v) is 3.34. The van der Waals surface area contributed by atoms with Crippen LogP contribution in [0.1, 0.15) is 24.3 Å². The molecule has 0 aliphatic rings. The molecule has 1 amide bonds. The van der Waals surface area contributed by atoms with Gasteiger partial charge in [0.1, 0.15) is 0 Å². The fraction of sp³-hybridized carbons (Fsp3) is 0.500. The fourth-order valence-corrected chi connectivity index (χ4v) is 2.22. The van der Waals surface area contributed by atoms with Gasteiger partial charge in [-0.3, -0.25) is 9.59 Å². The molecular weight excluding hydrogens is 252 g/mol. The van der Waals surface area contributed by atoms with Crippen LogP contribution < -0.4 is 10.6 Å². The van der Waals surface area contributed by atoms with E-state index < -0.39 is 0 Å². The number of carbonyl (C=O) groups is 2. The molecule has 1 aromatic heterocycles. The fourth-order valence-electron chi connectivity index (χ4n) is 1.45. The van der Waals surface area contributed by atoms with E-state index in [1.807, 2.05) is 24.4 Å². The third-order valence-electron chi connectivity index (χ3n) is 2.36. The minimum Gasteiger partial charge on any atom is -0.469 e. The molecule has 0 aliphatic heterocycles. The molecule has 2 N–H and O–H groups in total. The van der Waals surface area contributed by atoms with Gasteiger partial charge >= 0.3 is 5.97 Å². The summed E-state index contributed by atoms with van der Waals surface area (Å²) in [5.74, 6) is -0.462. The van der Waals surface area contributed by atoms with Crippen LogP contribution in [-0.2, 0) is 14.3 Å². The molecule has 0 aromatic carbocycles. The second-order valence-electron chi connectivity index (χ2n) is 3.70. The first-order chi connectivity index (χ1) is 8.67. The van der Waals surface area contributed by atoms with Crippen LogP contribution in [0.4, 0.5) is 0 Å². The van der Waals surface area contributed by atoms with Crippen molar-refractivity contribution in [2.24, 2.45) is 0 Å². The molecule has 0 radical (unpaired) electrons. The van der Waals surface area contributed by atoms with Crippen LogP contribution in [0.15, 0.2) is 17.5 Å². The molecule has 1 atom stereocenters. The van der Waals surface area contributed by atoms with E-state index in [1.54, 1.807) is 0 Å². The molecule has 6 heteroatoms. The molecule has 0 saturated heterocycles. The van der Waals surface area contributed by atoms with Crippen molar-refractivity contribution in [3.8, 4) is 0 Å². The van der Waals surface area contributed by atoms with Crippen LogP contribution in [0, 0.1) is 0 Å². The highest BCUT2D eigenvalue weighted by Crippen LogP contribution is 2.22. The predicted molar refractivity (Wildman–Crippen MR) is 70.4 cm³/mol. The quantitative estimate of drug-likeness (QED) is 0.728. The van der Waals surface area contributed by atoms with E-state index in [1.165, 1.54) is 18.4 Å². The molecule has 1 rings (SSSR count). The summed E-state index contributed by atoms with van der Waals surface area (Å²) in [5.41, 5.74) is 0. The lowest BCUT2D eigenvalue weighted by atomic mass is 10.1. The maximum absolute atomic E-state index is 11.7. The average molecular weight is 270 g/mol.